The lowest BCUT2D eigenvalue weighted by atomic mass is 10.0. The van der Waals surface area contributed by atoms with Crippen LogP contribution in [0.4, 0.5) is 10.5 Å². The summed E-state index contributed by atoms with van der Waals surface area (Å²) in [5, 5.41) is 28.1. The van der Waals surface area contributed by atoms with E-state index in [2.05, 4.69) is 10.4 Å². The van der Waals surface area contributed by atoms with Gasteiger partial charge in [-0.2, -0.15) is 5.10 Å². The monoisotopic (exact) mass is 352 g/mol. The van der Waals surface area contributed by atoms with Crippen molar-refractivity contribution in [1.82, 2.24) is 15.1 Å². The topological polar surface area (TPSA) is 120 Å². The molecule has 0 saturated carbocycles. The zero-order valence-corrected chi connectivity index (χ0v) is 14.9. The van der Waals surface area contributed by atoms with Gasteiger partial charge >= 0.3 is 11.8 Å². The minimum Gasteiger partial charge on any atom is -0.444 e. The maximum absolute atomic E-state index is 11.9. The largest absolute Gasteiger partial charge is 0.444 e. The third kappa shape index (κ3) is 5.02. The van der Waals surface area contributed by atoms with Crippen LogP contribution in [0.3, 0.4) is 0 Å². The molecule has 0 fully saturated rings. The highest BCUT2D eigenvalue weighted by molar-refractivity contribution is 5.71. The molecule has 25 heavy (non-hydrogen) atoms. The van der Waals surface area contributed by atoms with Crippen molar-refractivity contribution in [3.63, 3.8) is 0 Å². The molecule has 0 saturated heterocycles. The molecule has 2 atom stereocenters. The van der Waals surface area contributed by atoms with Crippen LogP contribution < -0.4 is 5.32 Å². The first-order valence-electron chi connectivity index (χ1n) is 8.12. The predicted octanol–water partition coefficient (Wildman–Crippen LogP) is 2.15. The second-order valence-corrected chi connectivity index (χ2v) is 7.14. The zero-order valence-electron chi connectivity index (χ0n) is 14.9. The number of hydrogen-bond acceptors (Lipinski definition) is 6. The van der Waals surface area contributed by atoms with E-state index in [-0.39, 0.29) is 11.7 Å². The summed E-state index contributed by atoms with van der Waals surface area (Å²) in [6.45, 7) is 5.32. The Morgan fingerprint density at radius 3 is 2.80 bits per heavy atom. The average molecular weight is 352 g/mol. The highest BCUT2D eigenvalue weighted by Crippen LogP contribution is 2.32. The molecule has 1 amide bonds. The van der Waals surface area contributed by atoms with Gasteiger partial charge in [-0.3, -0.25) is 14.8 Å². The van der Waals surface area contributed by atoms with E-state index in [0.29, 0.717) is 30.5 Å². The van der Waals surface area contributed by atoms with Crippen LogP contribution in [-0.4, -0.2) is 43.7 Å². The molecule has 2 rings (SSSR count). The molecular weight excluding hydrogens is 328 g/mol. The van der Waals surface area contributed by atoms with Crippen molar-refractivity contribution in [3.05, 3.63) is 28.1 Å². The number of aromatic nitrogens is 2. The number of amides is 1. The van der Waals surface area contributed by atoms with Crippen molar-refractivity contribution in [2.75, 3.05) is 0 Å². The van der Waals surface area contributed by atoms with Crippen LogP contribution in [0.25, 0.3) is 5.57 Å². The van der Waals surface area contributed by atoms with Crippen LogP contribution in [0.2, 0.25) is 0 Å². The Kier molecular flexibility index (Phi) is 5.46. The van der Waals surface area contributed by atoms with Crippen LogP contribution in [-0.2, 0) is 11.8 Å². The lowest BCUT2D eigenvalue weighted by Gasteiger charge is -2.23. The van der Waals surface area contributed by atoms with Crippen molar-refractivity contribution in [2.24, 2.45) is 7.05 Å². The highest BCUT2D eigenvalue weighted by Gasteiger charge is 2.28. The molecule has 2 N–H and O–H groups in total. The van der Waals surface area contributed by atoms with Crippen LogP contribution in [0.5, 0.6) is 0 Å². The van der Waals surface area contributed by atoms with E-state index in [4.69, 9.17) is 4.74 Å². The van der Waals surface area contributed by atoms with E-state index in [9.17, 15) is 20.0 Å². The zero-order chi connectivity index (χ0) is 18.8. The first-order valence-corrected chi connectivity index (χ1v) is 8.12. The molecule has 0 radical (unpaired) electrons. The van der Waals surface area contributed by atoms with Crippen LogP contribution in [0.15, 0.2) is 12.3 Å². The lowest BCUT2D eigenvalue weighted by molar-refractivity contribution is -0.385. The number of carbonyl (C=O) groups is 1. The highest BCUT2D eigenvalue weighted by atomic mass is 16.6. The number of carbonyl (C=O) groups excluding carboxylic acids is 1. The van der Waals surface area contributed by atoms with Gasteiger partial charge in [0.25, 0.3) is 0 Å². The third-order valence-electron chi connectivity index (χ3n) is 3.82. The number of aliphatic hydroxyl groups excluding tert-OH is 1. The maximum atomic E-state index is 11.9. The second-order valence-electron chi connectivity index (χ2n) is 7.14. The van der Waals surface area contributed by atoms with Crippen molar-refractivity contribution < 1.29 is 19.6 Å². The van der Waals surface area contributed by atoms with Gasteiger partial charge in [-0.15, -0.1) is 0 Å². The number of rotatable bonds is 3. The van der Waals surface area contributed by atoms with Gasteiger partial charge in [0, 0.05) is 13.1 Å². The molecule has 0 aliphatic heterocycles. The third-order valence-corrected chi connectivity index (χ3v) is 3.82. The minimum atomic E-state index is -0.827. The van der Waals surface area contributed by atoms with Gasteiger partial charge < -0.3 is 15.2 Å². The Hall–Kier alpha value is -2.42. The summed E-state index contributed by atoms with van der Waals surface area (Å²) in [6, 6.07) is -0.286. The number of nitrogens with zero attached hydrogens (tertiary/aromatic N) is 3. The SMILES string of the molecule is Cn1ncc([N+](=O)[O-])c1C1=CC(O)CC(NC(=O)OC(C)(C)C)CC1. The van der Waals surface area contributed by atoms with E-state index in [0.717, 1.165) is 0 Å². The summed E-state index contributed by atoms with van der Waals surface area (Å²) in [5.74, 6) is 0. The fraction of sp³-hybridized carbons (Fsp3) is 0.625. The molecule has 1 aromatic heterocycles. The number of aryl methyl sites for hydroxylation is 1. The average Bonchev–Trinajstić information content (AvgIpc) is 2.73. The van der Waals surface area contributed by atoms with Gasteiger partial charge in [-0.05, 0) is 45.6 Å². The van der Waals surface area contributed by atoms with Gasteiger partial charge in [0.1, 0.15) is 17.5 Å². The molecule has 0 aromatic carbocycles. The van der Waals surface area contributed by atoms with Gasteiger partial charge in [-0.1, -0.05) is 6.08 Å². The summed E-state index contributed by atoms with van der Waals surface area (Å²) in [7, 11) is 1.62. The van der Waals surface area contributed by atoms with E-state index in [1.54, 1.807) is 33.9 Å². The summed E-state index contributed by atoms with van der Waals surface area (Å²) in [5.41, 5.74) is 0.320. The van der Waals surface area contributed by atoms with E-state index in [1.165, 1.54) is 10.9 Å². The van der Waals surface area contributed by atoms with Gasteiger partial charge in [0.2, 0.25) is 0 Å². The fourth-order valence-corrected chi connectivity index (χ4v) is 2.86. The summed E-state index contributed by atoms with van der Waals surface area (Å²) in [6.07, 6.45) is 2.74. The molecule has 0 bridgehead atoms. The number of alkyl carbamates (subject to hydrolysis) is 1. The number of nitro groups is 1. The first kappa shape index (κ1) is 18.9. The molecular formula is C16H24N4O5. The van der Waals surface area contributed by atoms with Crippen LogP contribution >= 0.6 is 0 Å². The Morgan fingerprint density at radius 2 is 2.20 bits per heavy atom. The van der Waals surface area contributed by atoms with E-state index < -0.39 is 22.7 Å². The molecule has 1 aliphatic carbocycles. The number of aliphatic hydroxyl groups is 1. The summed E-state index contributed by atoms with van der Waals surface area (Å²) >= 11 is 0. The van der Waals surface area contributed by atoms with Gasteiger partial charge in [0.05, 0.1) is 11.0 Å². The Bertz CT molecular complexity index is 689. The van der Waals surface area contributed by atoms with Crippen LogP contribution in [0.1, 0.15) is 45.7 Å². The number of hydrogen-bond donors (Lipinski definition) is 2. The van der Waals surface area contributed by atoms with Crippen molar-refractivity contribution in [1.29, 1.82) is 0 Å². The number of ether oxygens (including phenoxy) is 1. The Labute approximate surface area is 145 Å². The molecule has 9 nitrogen and oxygen atoms in total. The number of nitrogens with one attached hydrogen (secondary N) is 1. The van der Waals surface area contributed by atoms with Crippen molar-refractivity contribution >= 4 is 17.4 Å². The number of allylic oxidation sites excluding steroid dienone is 1. The molecule has 2 unspecified atom stereocenters. The fourth-order valence-electron chi connectivity index (χ4n) is 2.86. The Balaban J connectivity index is 2.11. The van der Waals surface area contributed by atoms with E-state index >= 15 is 0 Å². The smallest absolute Gasteiger partial charge is 0.407 e. The Morgan fingerprint density at radius 1 is 1.52 bits per heavy atom. The molecule has 138 valence electrons. The summed E-state index contributed by atoms with van der Waals surface area (Å²) < 4.78 is 6.66. The van der Waals surface area contributed by atoms with E-state index in [1.807, 2.05) is 0 Å². The van der Waals surface area contributed by atoms with Crippen LogP contribution in [0, 0.1) is 10.1 Å². The van der Waals surface area contributed by atoms with Crippen molar-refractivity contribution in [2.45, 2.75) is 57.8 Å². The lowest BCUT2D eigenvalue weighted by Crippen LogP contribution is -2.40. The van der Waals surface area contributed by atoms with Gasteiger partial charge in [-0.25, -0.2) is 4.79 Å². The predicted molar refractivity (Wildman–Crippen MR) is 90.9 cm³/mol. The summed E-state index contributed by atoms with van der Waals surface area (Å²) in [4.78, 5) is 22.6. The minimum absolute atomic E-state index is 0.0977. The first-order chi connectivity index (χ1) is 11.6. The standard InChI is InChI=1S/C16H24N4O5/c1-16(2,3)25-15(22)18-11-6-5-10(7-12(21)8-11)14-13(20(23)24)9-17-19(14)4/h7,9,11-12,21H,5-6,8H2,1-4H3,(H,18,22). The molecule has 1 heterocycles. The molecule has 1 aromatic rings. The molecule has 0 spiro atoms. The van der Waals surface area contributed by atoms with Crippen molar-refractivity contribution in [3.8, 4) is 0 Å². The maximum Gasteiger partial charge on any atom is 0.407 e. The second kappa shape index (κ2) is 7.22. The molecule has 1 aliphatic rings. The molecule has 9 heteroatoms. The quantitative estimate of drug-likeness (QED) is 0.635. The normalized spacial score (nSPS) is 21.2. The van der Waals surface area contributed by atoms with Gasteiger partial charge in [0.15, 0.2) is 0 Å².